The fourth-order valence-electron chi connectivity index (χ4n) is 2.18. The van der Waals surface area contributed by atoms with Crippen molar-refractivity contribution in [1.29, 1.82) is 0 Å². The Bertz CT molecular complexity index is 546. The van der Waals surface area contributed by atoms with Gasteiger partial charge < -0.3 is 19.9 Å². The zero-order valence-electron chi connectivity index (χ0n) is 11.5. The van der Waals surface area contributed by atoms with E-state index in [0.29, 0.717) is 23.2 Å². The Morgan fingerprint density at radius 1 is 1.55 bits per heavy atom. The van der Waals surface area contributed by atoms with E-state index in [9.17, 15) is 14.7 Å². The number of amides is 2. The molecule has 0 aliphatic carbocycles. The Morgan fingerprint density at radius 3 is 2.85 bits per heavy atom. The van der Waals surface area contributed by atoms with Crippen LogP contribution in [-0.4, -0.2) is 39.8 Å². The summed E-state index contributed by atoms with van der Waals surface area (Å²) in [5.41, 5.74) is 0.377. The van der Waals surface area contributed by atoms with Crippen molar-refractivity contribution < 1.29 is 9.90 Å². The van der Waals surface area contributed by atoms with Crippen LogP contribution < -0.4 is 10.9 Å². The van der Waals surface area contributed by atoms with Crippen molar-refractivity contribution in [3.8, 4) is 0 Å². The molecule has 0 bridgehead atoms. The molecule has 1 saturated heterocycles. The Labute approximate surface area is 125 Å². The Kier molecular flexibility index (Phi) is 4.49. The molecular formula is C13H18BrN3O3. The number of likely N-dealkylation sites (tertiary alicyclic amines) is 1. The molecule has 1 aliphatic rings. The van der Waals surface area contributed by atoms with Gasteiger partial charge in [0.05, 0.1) is 16.3 Å². The van der Waals surface area contributed by atoms with E-state index in [4.69, 9.17) is 0 Å². The van der Waals surface area contributed by atoms with Gasteiger partial charge >= 0.3 is 6.03 Å². The summed E-state index contributed by atoms with van der Waals surface area (Å²) in [5, 5.41) is 12.6. The summed E-state index contributed by atoms with van der Waals surface area (Å²) in [7, 11) is 1.62. The number of aryl methyl sites for hydroxylation is 1. The Morgan fingerprint density at radius 2 is 2.25 bits per heavy atom. The number of aliphatic hydroxyl groups excluding tert-OH is 1. The summed E-state index contributed by atoms with van der Waals surface area (Å²) in [6.45, 7) is 2.93. The van der Waals surface area contributed by atoms with Crippen LogP contribution in [0.5, 0.6) is 0 Å². The second-order valence-corrected chi connectivity index (χ2v) is 6.06. The SMILES string of the molecule is CC1CCN(C(=O)Nc2cc(Br)c(=O)n(C)c2)CC1O. The Hall–Kier alpha value is -1.34. The highest BCUT2D eigenvalue weighted by Gasteiger charge is 2.27. The van der Waals surface area contributed by atoms with Crippen molar-refractivity contribution in [2.75, 3.05) is 18.4 Å². The van der Waals surface area contributed by atoms with Gasteiger partial charge in [0.1, 0.15) is 0 Å². The second kappa shape index (κ2) is 5.97. The summed E-state index contributed by atoms with van der Waals surface area (Å²) >= 11 is 3.16. The minimum absolute atomic E-state index is 0.162. The minimum Gasteiger partial charge on any atom is -0.391 e. The maximum Gasteiger partial charge on any atom is 0.321 e. The molecule has 6 nitrogen and oxygen atoms in total. The molecule has 2 N–H and O–H groups in total. The molecule has 2 heterocycles. The standard InChI is InChI=1S/C13H18BrN3O3/c1-8-3-4-17(7-11(8)18)13(20)15-9-5-10(14)12(19)16(2)6-9/h5-6,8,11,18H,3-4,7H2,1-2H3,(H,15,20). The van der Waals surface area contributed by atoms with Gasteiger partial charge in [0, 0.05) is 26.3 Å². The van der Waals surface area contributed by atoms with Crippen LogP contribution in [0.25, 0.3) is 0 Å². The molecule has 1 aromatic rings. The highest BCUT2D eigenvalue weighted by molar-refractivity contribution is 9.10. The van der Waals surface area contributed by atoms with E-state index >= 15 is 0 Å². The number of carbonyl (C=O) groups excluding carboxylic acids is 1. The predicted molar refractivity (Wildman–Crippen MR) is 79.8 cm³/mol. The molecular weight excluding hydrogens is 326 g/mol. The first-order valence-electron chi connectivity index (χ1n) is 6.48. The van der Waals surface area contributed by atoms with Crippen LogP contribution in [0.15, 0.2) is 21.5 Å². The van der Waals surface area contributed by atoms with E-state index in [1.165, 1.54) is 4.57 Å². The molecule has 2 atom stereocenters. The number of aliphatic hydroxyl groups is 1. The molecule has 1 aromatic heterocycles. The van der Waals surface area contributed by atoms with E-state index in [1.807, 2.05) is 6.92 Å². The van der Waals surface area contributed by atoms with Gasteiger partial charge in [0.25, 0.3) is 5.56 Å². The number of nitrogens with one attached hydrogen (secondary N) is 1. The number of piperidine rings is 1. The molecule has 20 heavy (non-hydrogen) atoms. The van der Waals surface area contributed by atoms with E-state index in [2.05, 4.69) is 21.2 Å². The van der Waals surface area contributed by atoms with Gasteiger partial charge in [-0.1, -0.05) is 6.92 Å². The van der Waals surface area contributed by atoms with Crippen molar-refractivity contribution in [2.45, 2.75) is 19.4 Å². The number of hydrogen-bond donors (Lipinski definition) is 2. The number of hydrogen-bond acceptors (Lipinski definition) is 3. The zero-order chi connectivity index (χ0) is 14.9. The topological polar surface area (TPSA) is 74.6 Å². The molecule has 0 saturated carbocycles. The predicted octanol–water partition coefficient (Wildman–Crippen LogP) is 1.38. The number of rotatable bonds is 1. The molecule has 1 fully saturated rings. The molecule has 0 aromatic carbocycles. The summed E-state index contributed by atoms with van der Waals surface area (Å²) in [6, 6.07) is 1.31. The van der Waals surface area contributed by atoms with Crippen LogP contribution in [0.4, 0.5) is 10.5 Å². The van der Waals surface area contributed by atoms with E-state index in [0.717, 1.165) is 6.42 Å². The number of aromatic nitrogens is 1. The zero-order valence-corrected chi connectivity index (χ0v) is 13.1. The summed E-state index contributed by atoms with van der Waals surface area (Å²) in [4.78, 5) is 25.3. The fourth-order valence-corrected chi connectivity index (χ4v) is 2.70. The van der Waals surface area contributed by atoms with Crippen LogP contribution in [-0.2, 0) is 7.05 Å². The van der Waals surface area contributed by atoms with Crippen molar-refractivity contribution in [3.63, 3.8) is 0 Å². The monoisotopic (exact) mass is 343 g/mol. The largest absolute Gasteiger partial charge is 0.391 e. The number of urea groups is 1. The van der Waals surface area contributed by atoms with Gasteiger partial charge in [0.2, 0.25) is 0 Å². The van der Waals surface area contributed by atoms with Gasteiger partial charge in [0.15, 0.2) is 0 Å². The van der Waals surface area contributed by atoms with Crippen molar-refractivity contribution in [1.82, 2.24) is 9.47 Å². The lowest BCUT2D eigenvalue weighted by Crippen LogP contribution is -2.47. The van der Waals surface area contributed by atoms with Crippen molar-refractivity contribution >= 4 is 27.6 Å². The summed E-state index contributed by atoms with van der Waals surface area (Å²) in [6.07, 6.45) is 1.86. The first kappa shape index (κ1) is 15.1. The van der Waals surface area contributed by atoms with Crippen LogP contribution in [0.3, 0.4) is 0 Å². The second-order valence-electron chi connectivity index (χ2n) is 5.20. The molecule has 1 aliphatic heterocycles. The minimum atomic E-state index is -0.485. The maximum absolute atomic E-state index is 12.1. The van der Waals surface area contributed by atoms with Gasteiger partial charge in [-0.15, -0.1) is 0 Å². The molecule has 0 spiro atoms. The van der Waals surface area contributed by atoms with Crippen molar-refractivity contribution in [3.05, 3.63) is 27.1 Å². The van der Waals surface area contributed by atoms with E-state index in [1.54, 1.807) is 24.2 Å². The van der Waals surface area contributed by atoms with Crippen LogP contribution in [0, 0.1) is 5.92 Å². The van der Waals surface area contributed by atoms with Gasteiger partial charge in [-0.3, -0.25) is 4.79 Å². The number of anilines is 1. The molecule has 7 heteroatoms. The normalized spacial score (nSPS) is 22.7. The number of carbonyl (C=O) groups is 1. The van der Waals surface area contributed by atoms with Gasteiger partial charge in [-0.05, 0) is 34.3 Å². The average Bonchev–Trinajstić information content (AvgIpc) is 2.39. The van der Waals surface area contributed by atoms with Gasteiger partial charge in [-0.25, -0.2) is 4.79 Å². The highest BCUT2D eigenvalue weighted by atomic mass is 79.9. The lowest BCUT2D eigenvalue weighted by atomic mass is 9.96. The number of halogens is 1. The number of β-amino-alcohol motifs (C(OH)–C–C–N with tert-alkyl or cyclic N) is 1. The van der Waals surface area contributed by atoms with Gasteiger partial charge in [-0.2, -0.15) is 0 Å². The van der Waals surface area contributed by atoms with E-state index < -0.39 is 6.10 Å². The quantitative estimate of drug-likeness (QED) is 0.808. The van der Waals surface area contributed by atoms with Crippen LogP contribution >= 0.6 is 15.9 Å². The van der Waals surface area contributed by atoms with Crippen molar-refractivity contribution in [2.24, 2.45) is 13.0 Å². The van der Waals surface area contributed by atoms with Crippen LogP contribution in [0.2, 0.25) is 0 Å². The smallest absolute Gasteiger partial charge is 0.321 e. The van der Waals surface area contributed by atoms with E-state index in [-0.39, 0.29) is 17.5 Å². The first-order valence-corrected chi connectivity index (χ1v) is 7.28. The lowest BCUT2D eigenvalue weighted by molar-refractivity contribution is 0.0463. The molecule has 2 rings (SSSR count). The third kappa shape index (κ3) is 3.21. The molecule has 0 radical (unpaired) electrons. The number of nitrogens with zero attached hydrogens (tertiary/aromatic N) is 2. The molecule has 110 valence electrons. The third-order valence-electron chi connectivity index (χ3n) is 3.60. The average molecular weight is 344 g/mol. The van der Waals surface area contributed by atoms with Crippen LogP contribution in [0.1, 0.15) is 13.3 Å². The number of pyridine rings is 1. The summed E-state index contributed by atoms with van der Waals surface area (Å²) < 4.78 is 1.79. The molecule has 2 amide bonds. The Balaban J connectivity index is 2.07. The first-order chi connectivity index (χ1) is 9.38. The maximum atomic E-state index is 12.1. The molecule has 2 unspecified atom stereocenters. The fraction of sp³-hybridized carbons (Fsp3) is 0.538. The lowest BCUT2D eigenvalue weighted by Gasteiger charge is -2.34. The highest BCUT2D eigenvalue weighted by Crippen LogP contribution is 2.18. The third-order valence-corrected chi connectivity index (χ3v) is 4.16. The summed E-state index contributed by atoms with van der Waals surface area (Å²) in [5.74, 6) is 0.214.